The summed E-state index contributed by atoms with van der Waals surface area (Å²) in [6, 6.07) is 7.89. The van der Waals surface area contributed by atoms with E-state index < -0.39 is 11.7 Å². The van der Waals surface area contributed by atoms with Crippen molar-refractivity contribution >= 4 is 44.8 Å². The van der Waals surface area contributed by atoms with Gasteiger partial charge < -0.3 is 11.1 Å². The zero-order chi connectivity index (χ0) is 15.6. The highest BCUT2D eigenvalue weighted by Crippen LogP contribution is 2.30. The number of rotatable bonds is 3. The zero-order valence-corrected chi connectivity index (χ0v) is 13.6. The van der Waals surface area contributed by atoms with Crippen molar-refractivity contribution in [2.24, 2.45) is 0 Å². The largest absolute Gasteiger partial charge is 0.397 e. The van der Waals surface area contributed by atoms with Gasteiger partial charge in [0.2, 0.25) is 5.91 Å². The second kappa shape index (κ2) is 6.45. The molecule has 0 saturated carbocycles. The van der Waals surface area contributed by atoms with Crippen LogP contribution in [0.3, 0.4) is 0 Å². The van der Waals surface area contributed by atoms with Crippen LogP contribution in [0.2, 0.25) is 5.02 Å². The zero-order valence-electron chi connectivity index (χ0n) is 11.2. The Morgan fingerprint density at radius 3 is 2.76 bits per heavy atom. The Labute approximate surface area is 135 Å². The molecule has 3 N–H and O–H groups in total. The molecule has 0 radical (unpaired) electrons. The Morgan fingerprint density at radius 2 is 2.14 bits per heavy atom. The summed E-state index contributed by atoms with van der Waals surface area (Å²) < 4.78 is 14.3. The lowest BCUT2D eigenvalue weighted by Gasteiger charge is -2.12. The normalized spacial score (nSPS) is 10.5. The number of carbonyl (C=O) groups is 1. The highest BCUT2D eigenvalue weighted by atomic mass is 79.9. The van der Waals surface area contributed by atoms with Gasteiger partial charge in [0, 0.05) is 15.1 Å². The van der Waals surface area contributed by atoms with Crippen LogP contribution in [-0.2, 0) is 11.2 Å². The third kappa shape index (κ3) is 3.74. The van der Waals surface area contributed by atoms with Gasteiger partial charge in [-0.15, -0.1) is 0 Å². The summed E-state index contributed by atoms with van der Waals surface area (Å²) in [4.78, 5) is 12.1. The molecule has 110 valence electrons. The molecule has 0 spiro atoms. The number of hydrogen-bond acceptors (Lipinski definition) is 2. The molecule has 0 heterocycles. The van der Waals surface area contributed by atoms with Gasteiger partial charge in [0.1, 0.15) is 5.82 Å². The molecule has 3 nitrogen and oxygen atoms in total. The molecule has 0 unspecified atom stereocenters. The Kier molecular flexibility index (Phi) is 4.85. The second-order valence-corrected chi connectivity index (χ2v) is 5.90. The predicted molar refractivity (Wildman–Crippen MR) is 87.0 cm³/mol. The minimum absolute atomic E-state index is 0.161. The van der Waals surface area contributed by atoms with E-state index in [2.05, 4.69) is 21.2 Å². The number of nitrogens with one attached hydrogen (secondary N) is 1. The van der Waals surface area contributed by atoms with Crippen molar-refractivity contribution in [3.63, 3.8) is 0 Å². The lowest BCUT2D eigenvalue weighted by Crippen LogP contribution is -2.17. The Morgan fingerprint density at radius 1 is 1.43 bits per heavy atom. The van der Waals surface area contributed by atoms with E-state index in [-0.39, 0.29) is 17.0 Å². The van der Waals surface area contributed by atoms with Gasteiger partial charge >= 0.3 is 0 Å². The molecule has 1 amide bonds. The predicted octanol–water partition coefficient (Wildman–Crippen LogP) is 4.31. The average molecular weight is 372 g/mol. The maximum atomic E-state index is 13.7. The Hall–Kier alpha value is -1.59. The highest BCUT2D eigenvalue weighted by molar-refractivity contribution is 9.10. The van der Waals surface area contributed by atoms with Crippen LogP contribution >= 0.6 is 27.5 Å². The first-order valence-corrected chi connectivity index (χ1v) is 7.34. The van der Waals surface area contributed by atoms with Gasteiger partial charge in [-0.3, -0.25) is 4.79 Å². The number of halogens is 3. The molecule has 0 bridgehead atoms. The van der Waals surface area contributed by atoms with Crippen molar-refractivity contribution in [3.05, 3.63) is 56.8 Å². The van der Waals surface area contributed by atoms with Crippen molar-refractivity contribution in [3.8, 4) is 0 Å². The number of amides is 1. The average Bonchev–Trinajstić information content (AvgIpc) is 2.38. The van der Waals surface area contributed by atoms with Gasteiger partial charge in [-0.25, -0.2) is 4.39 Å². The van der Waals surface area contributed by atoms with E-state index in [1.165, 1.54) is 12.1 Å². The Bertz CT molecular complexity index is 663. The molecule has 0 fully saturated rings. The topological polar surface area (TPSA) is 55.1 Å². The van der Waals surface area contributed by atoms with Crippen LogP contribution in [0.4, 0.5) is 15.8 Å². The first-order valence-electron chi connectivity index (χ1n) is 6.17. The highest BCUT2D eigenvalue weighted by Gasteiger charge is 2.14. The lowest BCUT2D eigenvalue weighted by atomic mass is 10.1. The van der Waals surface area contributed by atoms with Crippen molar-refractivity contribution < 1.29 is 9.18 Å². The summed E-state index contributed by atoms with van der Waals surface area (Å²) in [7, 11) is 0. The number of benzene rings is 2. The van der Waals surface area contributed by atoms with Crippen molar-refractivity contribution in [2.45, 2.75) is 13.3 Å². The first-order chi connectivity index (χ1) is 9.88. The molecule has 2 aromatic rings. The van der Waals surface area contributed by atoms with E-state index in [9.17, 15) is 9.18 Å². The van der Waals surface area contributed by atoms with Gasteiger partial charge in [-0.2, -0.15) is 0 Å². The quantitative estimate of drug-likeness (QED) is 0.790. The third-order valence-corrected chi connectivity index (χ3v) is 3.91. The van der Waals surface area contributed by atoms with E-state index in [4.69, 9.17) is 17.3 Å². The number of nitrogen functional groups attached to an aromatic ring is 1. The van der Waals surface area contributed by atoms with Gasteiger partial charge in [0.05, 0.1) is 17.8 Å². The molecule has 2 aromatic carbocycles. The number of aryl methyl sites for hydroxylation is 1. The molecule has 6 heteroatoms. The van der Waals surface area contributed by atoms with Crippen LogP contribution in [-0.4, -0.2) is 5.91 Å². The van der Waals surface area contributed by atoms with Crippen LogP contribution in [0.15, 0.2) is 34.8 Å². The fourth-order valence-electron chi connectivity index (χ4n) is 1.95. The number of anilines is 2. The Balaban J connectivity index is 2.20. The maximum absolute atomic E-state index is 13.7. The first kappa shape index (κ1) is 15.8. The van der Waals surface area contributed by atoms with Crippen LogP contribution in [0.25, 0.3) is 0 Å². The summed E-state index contributed by atoms with van der Waals surface area (Å²) in [6.45, 7) is 1.89. The molecule has 2 rings (SSSR count). The molecule has 0 aliphatic heterocycles. The maximum Gasteiger partial charge on any atom is 0.229 e. The van der Waals surface area contributed by atoms with E-state index >= 15 is 0 Å². The van der Waals surface area contributed by atoms with Crippen LogP contribution in [0.5, 0.6) is 0 Å². The summed E-state index contributed by atoms with van der Waals surface area (Å²) >= 11 is 9.25. The molecule has 0 aliphatic carbocycles. The summed E-state index contributed by atoms with van der Waals surface area (Å²) in [5.74, 6) is -0.896. The van der Waals surface area contributed by atoms with E-state index in [1.807, 2.05) is 13.0 Å². The minimum atomic E-state index is -0.506. The summed E-state index contributed by atoms with van der Waals surface area (Å²) in [5, 5.41) is 2.90. The van der Waals surface area contributed by atoms with Crippen molar-refractivity contribution in [1.29, 1.82) is 0 Å². The second-order valence-electron chi connectivity index (χ2n) is 4.64. The van der Waals surface area contributed by atoms with E-state index in [0.29, 0.717) is 15.8 Å². The van der Waals surface area contributed by atoms with Gasteiger partial charge in [-0.05, 0) is 52.7 Å². The van der Waals surface area contributed by atoms with Crippen molar-refractivity contribution in [1.82, 2.24) is 0 Å². The van der Waals surface area contributed by atoms with Gasteiger partial charge in [-0.1, -0.05) is 17.7 Å². The molecular formula is C15H13BrClFN2O. The van der Waals surface area contributed by atoms with Gasteiger partial charge in [0.25, 0.3) is 0 Å². The fourth-order valence-corrected chi connectivity index (χ4v) is 2.87. The van der Waals surface area contributed by atoms with E-state index in [0.717, 1.165) is 5.56 Å². The minimum Gasteiger partial charge on any atom is -0.397 e. The van der Waals surface area contributed by atoms with E-state index in [1.54, 1.807) is 12.1 Å². The number of hydrogen-bond donors (Lipinski definition) is 2. The third-order valence-electron chi connectivity index (χ3n) is 2.93. The van der Waals surface area contributed by atoms with Crippen LogP contribution < -0.4 is 11.1 Å². The van der Waals surface area contributed by atoms with Crippen LogP contribution in [0.1, 0.15) is 11.1 Å². The standard InChI is InChI=1S/C15H13BrClFN2O/c1-8-5-10(16)15(13(19)6-8)20-14(21)7-9-11(17)3-2-4-12(9)18/h2-6H,7,19H2,1H3,(H,20,21). The van der Waals surface area contributed by atoms with Crippen molar-refractivity contribution in [2.75, 3.05) is 11.1 Å². The molecule has 21 heavy (non-hydrogen) atoms. The molecule has 0 aromatic heterocycles. The van der Waals surface area contributed by atoms with Crippen LogP contribution in [0, 0.1) is 12.7 Å². The smallest absolute Gasteiger partial charge is 0.229 e. The SMILES string of the molecule is Cc1cc(N)c(NC(=O)Cc2c(F)cccc2Cl)c(Br)c1. The fraction of sp³-hybridized carbons (Fsp3) is 0.133. The number of nitrogens with two attached hydrogens (primary N) is 1. The molecule has 0 atom stereocenters. The molecular weight excluding hydrogens is 359 g/mol. The lowest BCUT2D eigenvalue weighted by molar-refractivity contribution is -0.115. The number of carbonyl (C=O) groups excluding carboxylic acids is 1. The molecule has 0 aliphatic rings. The summed E-state index contributed by atoms with van der Waals surface area (Å²) in [6.07, 6.45) is -0.161. The monoisotopic (exact) mass is 370 g/mol. The van der Waals surface area contributed by atoms with Gasteiger partial charge in [0.15, 0.2) is 0 Å². The summed E-state index contributed by atoms with van der Waals surface area (Å²) in [5.41, 5.74) is 7.92. The molecule has 0 saturated heterocycles.